The number of ether oxygens (including phenoxy) is 2. The zero-order valence-corrected chi connectivity index (χ0v) is 16.8. The van der Waals surface area contributed by atoms with Gasteiger partial charge in [0.05, 0.1) is 43.7 Å². The Morgan fingerprint density at radius 3 is 2.86 bits per heavy atom. The first-order chi connectivity index (χ1) is 14.1. The van der Waals surface area contributed by atoms with Gasteiger partial charge in [-0.05, 0) is 31.0 Å². The van der Waals surface area contributed by atoms with Crippen molar-refractivity contribution in [2.24, 2.45) is 0 Å². The number of methoxy groups -OCH3 is 1. The molecule has 1 aromatic heterocycles. The molecule has 1 aliphatic carbocycles. The van der Waals surface area contributed by atoms with Gasteiger partial charge in [-0.1, -0.05) is 31.4 Å². The van der Waals surface area contributed by atoms with Crippen LogP contribution in [0, 0.1) is 0 Å². The fourth-order valence-corrected chi connectivity index (χ4v) is 4.29. The quantitative estimate of drug-likeness (QED) is 0.774. The normalized spacial score (nSPS) is 23.8. The lowest BCUT2D eigenvalue weighted by Crippen LogP contribution is -2.49. The Balaban J connectivity index is 1.54. The SMILES string of the molecule is COc1cccc(-c2ccc(=O)n(C3COCC3NCC3(O)CCCCC3)n2)c1. The average molecular weight is 399 g/mol. The molecule has 2 unspecified atom stereocenters. The van der Waals surface area contributed by atoms with Crippen LogP contribution in [0.15, 0.2) is 41.2 Å². The zero-order chi connectivity index (χ0) is 20.3. The van der Waals surface area contributed by atoms with Gasteiger partial charge in [0.2, 0.25) is 0 Å². The van der Waals surface area contributed by atoms with E-state index in [4.69, 9.17) is 9.47 Å². The smallest absolute Gasteiger partial charge is 0.267 e. The predicted octanol–water partition coefficient (Wildman–Crippen LogP) is 2.14. The summed E-state index contributed by atoms with van der Waals surface area (Å²) in [6, 6.07) is 10.6. The molecule has 0 bridgehead atoms. The van der Waals surface area contributed by atoms with Crippen LogP contribution in [0.1, 0.15) is 38.1 Å². The van der Waals surface area contributed by atoms with Gasteiger partial charge in [-0.3, -0.25) is 4.79 Å². The van der Waals surface area contributed by atoms with Gasteiger partial charge in [-0.25, -0.2) is 4.68 Å². The van der Waals surface area contributed by atoms with E-state index in [1.807, 2.05) is 24.3 Å². The number of benzene rings is 1. The minimum atomic E-state index is -0.660. The summed E-state index contributed by atoms with van der Waals surface area (Å²) < 4.78 is 12.5. The first-order valence-electron chi connectivity index (χ1n) is 10.4. The van der Waals surface area contributed by atoms with E-state index in [9.17, 15) is 9.90 Å². The summed E-state index contributed by atoms with van der Waals surface area (Å²) in [5.74, 6) is 0.742. The minimum absolute atomic E-state index is 0.0632. The molecule has 2 aromatic rings. The van der Waals surface area contributed by atoms with Crippen molar-refractivity contribution in [2.45, 2.75) is 49.8 Å². The van der Waals surface area contributed by atoms with Gasteiger partial charge >= 0.3 is 0 Å². The van der Waals surface area contributed by atoms with Gasteiger partial charge in [0.25, 0.3) is 5.56 Å². The van der Waals surface area contributed by atoms with Gasteiger partial charge in [0.15, 0.2) is 0 Å². The van der Waals surface area contributed by atoms with Gasteiger partial charge < -0.3 is 19.9 Å². The van der Waals surface area contributed by atoms with E-state index in [1.54, 1.807) is 19.2 Å². The molecule has 1 aromatic carbocycles. The number of nitrogens with zero attached hydrogens (tertiary/aromatic N) is 2. The van der Waals surface area contributed by atoms with Crippen molar-refractivity contribution >= 4 is 0 Å². The number of nitrogens with one attached hydrogen (secondary N) is 1. The van der Waals surface area contributed by atoms with Crippen molar-refractivity contribution < 1.29 is 14.6 Å². The van der Waals surface area contributed by atoms with Crippen molar-refractivity contribution in [3.8, 4) is 17.0 Å². The van der Waals surface area contributed by atoms with E-state index in [0.717, 1.165) is 37.0 Å². The van der Waals surface area contributed by atoms with Crippen LogP contribution in [0.2, 0.25) is 0 Å². The summed E-state index contributed by atoms with van der Waals surface area (Å²) in [7, 11) is 1.62. The van der Waals surface area contributed by atoms with Gasteiger partial charge in [0, 0.05) is 18.2 Å². The molecule has 1 aliphatic heterocycles. The maximum Gasteiger partial charge on any atom is 0.267 e. The first-order valence-corrected chi connectivity index (χ1v) is 10.4. The summed E-state index contributed by atoms with van der Waals surface area (Å²) in [6.45, 7) is 1.44. The molecule has 7 heteroatoms. The maximum atomic E-state index is 12.6. The molecular weight excluding hydrogens is 370 g/mol. The highest BCUT2D eigenvalue weighted by Gasteiger charge is 2.35. The largest absolute Gasteiger partial charge is 0.497 e. The number of hydrogen-bond acceptors (Lipinski definition) is 6. The van der Waals surface area contributed by atoms with Crippen LogP contribution in [0.4, 0.5) is 0 Å². The third kappa shape index (κ3) is 4.52. The molecule has 4 rings (SSSR count). The van der Waals surface area contributed by atoms with E-state index in [-0.39, 0.29) is 17.6 Å². The summed E-state index contributed by atoms with van der Waals surface area (Å²) in [4.78, 5) is 12.6. The highest BCUT2D eigenvalue weighted by atomic mass is 16.5. The molecule has 156 valence electrons. The molecule has 0 amide bonds. The fourth-order valence-electron chi connectivity index (χ4n) is 4.29. The summed E-state index contributed by atoms with van der Waals surface area (Å²) in [6.07, 6.45) is 4.95. The molecule has 1 saturated heterocycles. The Bertz CT molecular complexity index is 892. The van der Waals surface area contributed by atoms with Crippen LogP contribution in [-0.2, 0) is 4.74 Å². The molecule has 0 spiro atoms. The maximum absolute atomic E-state index is 12.6. The van der Waals surface area contributed by atoms with Crippen molar-refractivity contribution in [3.05, 3.63) is 46.8 Å². The Kier molecular flexibility index (Phi) is 5.99. The van der Waals surface area contributed by atoms with Gasteiger partial charge in [0.1, 0.15) is 5.75 Å². The molecule has 29 heavy (non-hydrogen) atoms. The highest BCUT2D eigenvalue weighted by Crippen LogP contribution is 2.28. The van der Waals surface area contributed by atoms with E-state index >= 15 is 0 Å². The lowest BCUT2D eigenvalue weighted by Gasteiger charge is -2.34. The summed E-state index contributed by atoms with van der Waals surface area (Å²) in [5.41, 5.74) is 0.778. The zero-order valence-electron chi connectivity index (χ0n) is 16.8. The van der Waals surface area contributed by atoms with Gasteiger partial charge in [-0.15, -0.1) is 0 Å². The van der Waals surface area contributed by atoms with Crippen molar-refractivity contribution in [1.29, 1.82) is 0 Å². The lowest BCUT2D eigenvalue weighted by atomic mass is 9.84. The van der Waals surface area contributed by atoms with Crippen molar-refractivity contribution in [1.82, 2.24) is 15.1 Å². The van der Waals surface area contributed by atoms with Crippen molar-refractivity contribution in [2.75, 3.05) is 26.9 Å². The van der Waals surface area contributed by atoms with Gasteiger partial charge in [-0.2, -0.15) is 5.10 Å². The molecule has 7 nitrogen and oxygen atoms in total. The summed E-state index contributed by atoms with van der Waals surface area (Å²) in [5, 5.41) is 18.9. The van der Waals surface area contributed by atoms with E-state index < -0.39 is 5.60 Å². The molecule has 2 atom stereocenters. The topological polar surface area (TPSA) is 85.6 Å². The summed E-state index contributed by atoms with van der Waals surface area (Å²) >= 11 is 0. The first kappa shape index (κ1) is 20.1. The Morgan fingerprint density at radius 1 is 1.24 bits per heavy atom. The molecule has 0 radical (unpaired) electrons. The predicted molar refractivity (Wildman–Crippen MR) is 110 cm³/mol. The second-order valence-corrected chi connectivity index (χ2v) is 8.11. The third-order valence-corrected chi connectivity index (χ3v) is 6.03. The standard InChI is InChI=1S/C22H29N3O4/c1-28-17-7-5-6-16(12-17)18-8-9-21(26)25(24-18)20-14-29-13-19(20)23-15-22(27)10-3-2-4-11-22/h5-9,12,19-20,23,27H,2-4,10-11,13-15H2,1H3. The minimum Gasteiger partial charge on any atom is -0.497 e. The molecular formula is C22H29N3O4. The van der Waals surface area contributed by atoms with Crippen LogP contribution < -0.4 is 15.6 Å². The van der Waals surface area contributed by atoms with Crippen LogP contribution in [0.3, 0.4) is 0 Å². The molecule has 1 saturated carbocycles. The average Bonchev–Trinajstić information content (AvgIpc) is 3.22. The fraction of sp³-hybridized carbons (Fsp3) is 0.545. The Labute approximate surface area is 170 Å². The Hall–Kier alpha value is -2.22. The van der Waals surface area contributed by atoms with E-state index in [0.29, 0.717) is 25.5 Å². The molecule has 2 N–H and O–H groups in total. The van der Waals surface area contributed by atoms with Crippen LogP contribution in [0.5, 0.6) is 5.75 Å². The monoisotopic (exact) mass is 399 g/mol. The molecule has 2 aliphatic rings. The number of aromatic nitrogens is 2. The van der Waals surface area contributed by atoms with Crippen molar-refractivity contribution in [3.63, 3.8) is 0 Å². The number of rotatable bonds is 6. The van der Waals surface area contributed by atoms with E-state index in [1.165, 1.54) is 11.1 Å². The highest BCUT2D eigenvalue weighted by molar-refractivity contribution is 5.60. The second-order valence-electron chi connectivity index (χ2n) is 8.11. The van der Waals surface area contributed by atoms with Crippen LogP contribution in [-0.4, -0.2) is 53.4 Å². The number of hydrogen-bond donors (Lipinski definition) is 2. The molecule has 2 heterocycles. The lowest BCUT2D eigenvalue weighted by molar-refractivity contribution is 0.00164. The van der Waals surface area contributed by atoms with Crippen LogP contribution in [0.25, 0.3) is 11.3 Å². The molecule has 2 fully saturated rings. The Morgan fingerprint density at radius 2 is 2.07 bits per heavy atom. The van der Waals surface area contributed by atoms with E-state index in [2.05, 4.69) is 10.4 Å². The third-order valence-electron chi connectivity index (χ3n) is 6.03. The second kappa shape index (κ2) is 8.65. The number of aliphatic hydroxyl groups is 1. The van der Waals surface area contributed by atoms with Crippen LogP contribution >= 0.6 is 0 Å².